The Morgan fingerprint density at radius 3 is 2.79 bits per heavy atom. The summed E-state index contributed by atoms with van der Waals surface area (Å²) in [6, 6.07) is 8.70. The standard InChI is InChI=1S/C14H19N5/c1-10(14(3)7-8-14)15-12-5-4-6-13(9-12)19-11(2)16-17-18-19/h4-6,9-10,15H,7-8H2,1-3H3. The molecule has 0 amide bonds. The van der Waals surface area contributed by atoms with Crippen LogP contribution in [0.2, 0.25) is 0 Å². The average Bonchev–Trinajstić information content (AvgIpc) is 3.00. The molecule has 5 heteroatoms. The molecule has 1 saturated carbocycles. The molecule has 100 valence electrons. The van der Waals surface area contributed by atoms with Gasteiger partial charge in [0.15, 0.2) is 5.82 Å². The third-order valence-corrected chi connectivity index (χ3v) is 4.18. The SMILES string of the molecule is Cc1nnnn1-c1cccc(NC(C)C2(C)CC2)c1. The van der Waals surface area contributed by atoms with Crippen LogP contribution in [-0.2, 0) is 0 Å². The Morgan fingerprint density at radius 2 is 2.16 bits per heavy atom. The highest BCUT2D eigenvalue weighted by atomic mass is 15.5. The van der Waals surface area contributed by atoms with E-state index in [-0.39, 0.29) is 0 Å². The minimum atomic E-state index is 0.459. The van der Waals surface area contributed by atoms with Crippen molar-refractivity contribution in [2.45, 2.75) is 39.7 Å². The van der Waals surface area contributed by atoms with E-state index in [0.29, 0.717) is 11.5 Å². The second-order valence-corrected chi connectivity index (χ2v) is 5.71. The van der Waals surface area contributed by atoms with Crippen LogP contribution in [0.15, 0.2) is 24.3 Å². The zero-order valence-electron chi connectivity index (χ0n) is 11.6. The Labute approximate surface area is 113 Å². The number of rotatable bonds is 4. The molecule has 3 rings (SSSR count). The van der Waals surface area contributed by atoms with Gasteiger partial charge < -0.3 is 5.32 Å². The van der Waals surface area contributed by atoms with E-state index in [9.17, 15) is 0 Å². The highest BCUT2D eigenvalue weighted by Gasteiger charge is 2.42. The van der Waals surface area contributed by atoms with Gasteiger partial charge >= 0.3 is 0 Å². The minimum absolute atomic E-state index is 0.459. The van der Waals surface area contributed by atoms with Gasteiger partial charge in [-0.1, -0.05) is 13.0 Å². The minimum Gasteiger partial charge on any atom is -0.382 e. The zero-order chi connectivity index (χ0) is 13.5. The normalized spacial score (nSPS) is 18.1. The van der Waals surface area contributed by atoms with Crippen molar-refractivity contribution in [2.24, 2.45) is 5.41 Å². The van der Waals surface area contributed by atoms with Crippen LogP contribution in [0.25, 0.3) is 5.69 Å². The Hall–Kier alpha value is -1.91. The number of hydrogen-bond acceptors (Lipinski definition) is 4. The molecule has 19 heavy (non-hydrogen) atoms. The molecule has 2 aromatic rings. The van der Waals surface area contributed by atoms with Crippen molar-refractivity contribution in [3.05, 3.63) is 30.1 Å². The molecule has 1 fully saturated rings. The highest BCUT2D eigenvalue weighted by molar-refractivity contribution is 5.51. The molecule has 1 aromatic heterocycles. The van der Waals surface area contributed by atoms with Gasteiger partial charge in [-0.2, -0.15) is 4.68 Å². The van der Waals surface area contributed by atoms with Crippen molar-refractivity contribution in [3.8, 4) is 5.69 Å². The fourth-order valence-electron chi connectivity index (χ4n) is 2.25. The second kappa shape index (κ2) is 4.33. The van der Waals surface area contributed by atoms with Crippen molar-refractivity contribution < 1.29 is 0 Å². The molecule has 1 aromatic carbocycles. The van der Waals surface area contributed by atoms with Crippen molar-refractivity contribution in [2.75, 3.05) is 5.32 Å². The molecule has 1 heterocycles. The van der Waals surface area contributed by atoms with Crippen molar-refractivity contribution in [1.82, 2.24) is 20.2 Å². The first kappa shape index (κ1) is 12.1. The van der Waals surface area contributed by atoms with Crippen LogP contribution < -0.4 is 5.32 Å². The molecule has 0 aliphatic heterocycles. The monoisotopic (exact) mass is 257 g/mol. The molecule has 1 aliphatic carbocycles. The molecule has 0 bridgehead atoms. The zero-order valence-corrected chi connectivity index (χ0v) is 11.6. The molecular formula is C14H19N5. The first-order valence-electron chi connectivity index (χ1n) is 6.70. The van der Waals surface area contributed by atoms with Gasteiger partial charge in [0.25, 0.3) is 0 Å². The number of aryl methyl sites for hydroxylation is 1. The van der Waals surface area contributed by atoms with Gasteiger partial charge in [0.2, 0.25) is 0 Å². The van der Waals surface area contributed by atoms with Crippen LogP contribution in [-0.4, -0.2) is 26.2 Å². The Balaban J connectivity index is 1.82. The number of anilines is 1. The van der Waals surface area contributed by atoms with E-state index in [0.717, 1.165) is 17.2 Å². The molecule has 0 radical (unpaired) electrons. The molecular weight excluding hydrogens is 238 g/mol. The molecule has 1 N–H and O–H groups in total. The lowest BCUT2D eigenvalue weighted by molar-refractivity contribution is 0.493. The Morgan fingerprint density at radius 1 is 1.37 bits per heavy atom. The summed E-state index contributed by atoms with van der Waals surface area (Å²) in [5.74, 6) is 0.791. The summed E-state index contributed by atoms with van der Waals surface area (Å²) in [6.45, 7) is 6.48. The topological polar surface area (TPSA) is 55.6 Å². The molecule has 0 spiro atoms. The fourth-order valence-corrected chi connectivity index (χ4v) is 2.25. The highest BCUT2D eigenvalue weighted by Crippen LogP contribution is 2.48. The quantitative estimate of drug-likeness (QED) is 0.914. The Bertz CT molecular complexity index is 585. The van der Waals surface area contributed by atoms with Gasteiger partial charge in [0.1, 0.15) is 0 Å². The summed E-state index contributed by atoms with van der Waals surface area (Å²) in [5, 5.41) is 15.2. The van der Waals surface area contributed by atoms with Crippen LogP contribution in [0.1, 0.15) is 32.5 Å². The predicted octanol–water partition coefficient (Wildman–Crippen LogP) is 2.57. The van der Waals surface area contributed by atoms with Gasteiger partial charge in [0.05, 0.1) is 5.69 Å². The lowest BCUT2D eigenvalue weighted by Gasteiger charge is -2.21. The van der Waals surface area contributed by atoms with Gasteiger partial charge in [0, 0.05) is 11.7 Å². The number of benzene rings is 1. The molecule has 1 atom stereocenters. The van der Waals surface area contributed by atoms with Crippen LogP contribution >= 0.6 is 0 Å². The maximum atomic E-state index is 4.00. The van der Waals surface area contributed by atoms with Gasteiger partial charge in [-0.05, 0) is 60.7 Å². The first-order valence-corrected chi connectivity index (χ1v) is 6.70. The summed E-state index contributed by atoms with van der Waals surface area (Å²) in [4.78, 5) is 0. The van der Waals surface area contributed by atoms with Crippen molar-refractivity contribution in [3.63, 3.8) is 0 Å². The van der Waals surface area contributed by atoms with Gasteiger partial charge in [-0.15, -0.1) is 5.10 Å². The number of tetrazole rings is 1. The first-order chi connectivity index (χ1) is 9.08. The van der Waals surface area contributed by atoms with Crippen LogP contribution in [0, 0.1) is 12.3 Å². The van der Waals surface area contributed by atoms with E-state index < -0.39 is 0 Å². The largest absolute Gasteiger partial charge is 0.382 e. The van der Waals surface area contributed by atoms with E-state index in [1.54, 1.807) is 4.68 Å². The Kier molecular flexibility index (Phi) is 2.77. The molecule has 0 saturated heterocycles. The van der Waals surface area contributed by atoms with Crippen LogP contribution in [0.5, 0.6) is 0 Å². The van der Waals surface area contributed by atoms with Crippen molar-refractivity contribution in [1.29, 1.82) is 0 Å². The van der Waals surface area contributed by atoms with E-state index >= 15 is 0 Å². The summed E-state index contributed by atoms with van der Waals surface area (Å²) >= 11 is 0. The van der Waals surface area contributed by atoms with Crippen LogP contribution in [0.3, 0.4) is 0 Å². The van der Waals surface area contributed by atoms with E-state index in [1.165, 1.54) is 12.8 Å². The van der Waals surface area contributed by atoms with Crippen LogP contribution in [0.4, 0.5) is 5.69 Å². The number of nitrogens with zero attached hydrogens (tertiary/aromatic N) is 4. The molecule has 5 nitrogen and oxygen atoms in total. The van der Waals surface area contributed by atoms with Gasteiger partial charge in [-0.3, -0.25) is 0 Å². The second-order valence-electron chi connectivity index (χ2n) is 5.71. The average molecular weight is 257 g/mol. The maximum absolute atomic E-state index is 4.00. The van der Waals surface area contributed by atoms with Crippen molar-refractivity contribution >= 4 is 5.69 Å². The third kappa shape index (κ3) is 2.32. The lowest BCUT2D eigenvalue weighted by Crippen LogP contribution is -2.24. The summed E-state index contributed by atoms with van der Waals surface area (Å²) in [5.41, 5.74) is 2.56. The van der Waals surface area contributed by atoms with Gasteiger partial charge in [-0.25, -0.2) is 0 Å². The fraction of sp³-hybridized carbons (Fsp3) is 0.500. The van der Waals surface area contributed by atoms with E-state index in [4.69, 9.17) is 0 Å². The molecule has 1 aliphatic rings. The predicted molar refractivity (Wildman–Crippen MR) is 74.3 cm³/mol. The summed E-state index contributed by atoms with van der Waals surface area (Å²) < 4.78 is 1.74. The number of nitrogens with one attached hydrogen (secondary N) is 1. The molecule has 1 unspecified atom stereocenters. The van der Waals surface area contributed by atoms with E-state index in [1.807, 2.05) is 19.1 Å². The van der Waals surface area contributed by atoms with E-state index in [2.05, 4.69) is 46.8 Å². The summed E-state index contributed by atoms with van der Waals surface area (Å²) in [7, 11) is 0. The number of hydrogen-bond donors (Lipinski definition) is 1. The smallest absolute Gasteiger partial charge is 0.153 e. The third-order valence-electron chi connectivity index (χ3n) is 4.18. The lowest BCUT2D eigenvalue weighted by atomic mass is 10.0. The number of aromatic nitrogens is 4. The maximum Gasteiger partial charge on any atom is 0.153 e. The summed E-state index contributed by atoms with van der Waals surface area (Å²) in [6.07, 6.45) is 2.62.